The van der Waals surface area contributed by atoms with Crippen molar-refractivity contribution in [1.29, 1.82) is 0 Å². The third kappa shape index (κ3) is 9.43. The van der Waals surface area contributed by atoms with E-state index in [-0.39, 0.29) is 13.2 Å². The highest BCUT2D eigenvalue weighted by Gasteiger charge is 2.06. The highest BCUT2D eigenvalue weighted by atomic mass is 16.5. The Morgan fingerprint density at radius 3 is 2.80 bits per heavy atom. The van der Waals surface area contributed by atoms with Crippen LogP contribution in [0.25, 0.3) is 0 Å². The Bertz CT molecular complexity index is 179. The molecule has 0 bridgehead atoms. The third-order valence-corrected chi connectivity index (χ3v) is 1.79. The van der Waals surface area contributed by atoms with Crippen LogP contribution in [-0.2, 0) is 14.3 Å². The molecule has 1 atom stereocenters. The summed E-state index contributed by atoms with van der Waals surface area (Å²) in [7, 11) is 0. The molecule has 4 nitrogen and oxygen atoms in total. The van der Waals surface area contributed by atoms with E-state index in [4.69, 9.17) is 4.74 Å². The second-order valence-corrected chi connectivity index (χ2v) is 3.27. The minimum Gasteiger partial charge on any atom is -0.460 e. The number of rotatable bonds is 9. The van der Waals surface area contributed by atoms with Crippen LogP contribution in [0.2, 0.25) is 0 Å². The van der Waals surface area contributed by atoms with Crippen molar-refractivity contribution in [3.05, 3.63) is 12.7 Å². The number of hydrogen-bond acceptors (Lipinski definition) is 4. The zero-order chi connectivity index (χ0) is 11.5. The van der Waals surface area contributed by atoms with Gasteiger partial charge in [-0.15, -0.1) is 0 Å². The molecule has 0 radical (unpaired) electrons. The van der Waals surface area contributed by atoms with E-state index in [1.165, 1.54) is 0 Å². The smallest absolute Gasteiger partial charge is 0.330 e. The maximum atomic E-state index is 10.6. The summed E-state index contributed by atoms with van der Waals surface area (Å²) in [6.45, 7) is 6.16. The molecule has 1 unspecified atom stereocenters. The number of hydrogen-bond donors (Lipinski definition) is 1. The summed E-state index contributed by atoms with van der Waals surface area (Å²) >= 11 is 0. The molecule has 0 aromatic rings. The number of aliphatic hydroxyl groups excluding tert-OH is 1. The van der Waals surface area contributed by atoms with Crippen LogP contribution in [0.1, 0.15) is 26.2 Å². The summed E-state index contributed by atoms with van der Waals surface area (Å²) in [5.41, 5.74) is 0. The van der Waals surface area contributed by atoms with Gasteiger partial charge in [0, 0.05) is 12.7 Å². The lowest BCUT2D eigenvalue weighted by atomic mass is 10.3. The summed E-state index contributed by atoms with van der Waals surface area (Å²) < 4.78 is 9.84. The molecule has 0 aliphatic carbocycles. The van der Waals surface area contributed by atoms with E-state index in [1.807, 2.05) is 0 Å². The first-order chi connectivity index (χ1) is 7.20. The molecule has 1 N–H and O–H groups in total. The van der Waals surface area contributed by atoms with E-state index in [0.717, 1.165) is 25.3 Å². The largest absolute Gasteiger partial charge is 0.460 e. The molecule has 0 spiro atoms. The SMILES string of the molecule is C=CC(=O)OCC(O)COCCCCC. The van der Waals surface area contributed by atoms with E-state index in [2.05, 4.69) is 18.2 Å². The topological polar surface area (TPSA) is 55.8 Å². The first-order valence-electron chi connectivity index (χ1n) is 5.25. The number of carbonyl (C=O) groups excluding carboxylic acids is 1. The van der Waals surface area contributed by atoms with Crippen LogP contribution in [0.15, 0.2) is 12.7 Å². The number of ether oxygens (including phenoxy) is 2. The monoisotopic (exact) mass is 216 g/mol. The van der Waals surface area contributed by atoms with E-state index in [1.54, 1.807) is 0 Å². The van der Waals surface area contributed by atoms with Gasteiger partial charge in [-0.1, -0.05) is 26.3 Å². The lowest BCUT2D eigenvalue weighted by Crippen LogP contribution is -2.23. The lowest BCUT2D eigenvalue weighted by Gasteiger charge is -2.10. The molecule has 0 saturated heterocycles. The number of esters is 1. The van der Waals surface area contributed by atoms with Crippen molar-refractivity contribution in [2.75, 3.05) is 19.8 Å². The van der Waals surface area contributed by atoms with Gasteiger partial charge in [0.25, 0.3) is 0 Å². The van der Waals surface area contributed by atoms with Crippen LogP contribution in [0.5, 0.6) is 0 Å². The fraction of sp³-hybridized carbons (Fsp3) is 0.727. The first kappa shape index (κ1) is 14.1. The van der Waals surface area contributed by atoms with Crippen LogP contribution in [-0.4, -0.2) is 37.0 Å². The number of aliphatic hydroxyl groups is 1. The van der Waals surface area contributed by atoms with Gasteiger partial charge in [-0.3, -0.25) is 0 Å². The minimum absolute atomic E-state index is 0.0430. The molecule has 4 heteroatoms. The lowest BCUT2D eigenvalue weighted by molar-refractivity contribution is -0.141. The highest BCUT2D eigenvalue weighted by Crippen LogP contribution is 1.95. The molecule has 0 aromatic carbocycles. The molecule has 0 aromatic heterocycles. The molecule has 0 saturated carbocycles. The Hall–Kier alpha value is -0.870. The summed E-state index contributed by atoms with van der Waals surface area (Å²) in [5.74, 6) is -0.528. The van der Waals surface area contributed by atoms with E-state index >= 15 is 0 Å². The molecule has 0 fully saturated rings. The summed E-state index contributed by atoms with van der Waals surface area (Å²) in [6.07, 6.45) is 3.57. The van der Waals surface area contributed by atoms with Gasteiger partial charge < -0.3 is 14.6 Å². The van der Waals surface area contributed by atoms with Crippen molar-refractivity contribution < 1.29 is 19.4 Å². The van der Waals surface area contributed by atoms with Crippen molar-refractivity contribution in [2.24, 2.45) is 0 Å². The predicted octanol–water partition coefficient (Wildman–Crippen LogP) is 1.28. The van der Waals surface area contributed by atoms with E-state index in [0.29, 0.717) is 6.61 Å². The Balaban J connectivity index is 3.29. The summed E-state index contributed by atoms with van der Waals surface area (Å²) in [5, 5.41) is 9.31. The number of unbranched alkanes of at least 4 members (excludes halogenated alkanes) is 2. The minimum atomic E-state index is -0.754. The van der Waals surface area contributed by atoms with Gasteiger partial charge in [0.1, 0.15) is 12.7 Å². The van der Waals surface area contributed by atoms with Crippen LogP contribution >= 0.6 is 0 Å². The predicted molar refractivity (Wildman–Crippen MR) is 57.5 cm³/mol. The van der Waals surface area contributed by atoms with Crippen LogP contribution in [0.3, 0.4) is 0 Å². The maximum absolute atomic E-state index is 10.6. The van der Waals surface area contributed by atoms with Gasteiger partial charge >= 0.3 is 5.97 Å². The number of carbonyl (C=O) groups is 1. The van der Waals surface area contributed by atoms with Gasteiger partial charge in [-0.05, 0) is 6.42 Å². The summed E-state index contributed by atoms with van der Waals surface area (Å²) in [4.78, 5) is 10.6. The second kappa shape index (κ2) is 9.68. The maximum Gasteiger partial charge on any atom is 0.330 e. The molecule has 0 aliphatic rings. The quantitative estimate of drug-likeness (QED) is 0.358. The van der Waals surface area contributed by atoms with Crippen molar-refractivity contribution in [3.63, 3.8) is 0 Å². The van der Waals surface area contributed by atoms with E-state index in [9.17, 15) is 9.90 Å². The van der Waals surface area contributed by atoms with Gasteiger partial charge in [0.05, 0.1) is 6.61 Å². The van der Waals surface area contributed by atoms with Gasteiger partial charge in [0.2, 0.25) is 0 Å². The Morgan fingerprint density at radius 1 is 1.47 bits per heavy atom. The zero-order valence-corrected chi connectivity index (χ0v) is 9.28. The third-order valence-electron chi connectivity index (χ3n) is 1.79. The molecule has 0 heterocycles. The van der Waals surface area contributed by atoms with E-state index < -0.39 is 12.1 Å². The Labute approximate surface area is 90.9 Å². The normalized spacial score (nSPS) is 12.1. The van der Waals surface area contributed by atoms with Crippen LogP contribution in [0.4, 0.5) is 0 Å². The highest BCUT2D eigenvalue weighted by molar-refractivity contribution is 5.81. The van der Waals surface area contributed by atoms with Crippen LogP contribution < -0.4 is 0 Å². The first-order valence-corrected chi connectivity index (χ1v) is 5.25. The molecule has 0 rings (SSSR count). The second-order valence-electron chi connectivity index (χ2n) is 3.27. The summed E-state index contributed by atoms with van der Waals surface area (Å²) in [6, 6.07) is 0. The molecule has 88 valence electrons. The fourth-order valence-corrected chi connectivity index (χ4v) is 0.959. The Morgan fingerprint density at radius 2 is 2.20 bits per heavy atom. The Kier molecular flexibility index (Phi) is 9.11. The molecular weight excluding hydrogens is 196 g/mol. The average molecular weight is 216 g/mol. The molecule has 0 aliphatic heterocycles. The van der Waals surface area contributed by atoms with Gasteiger partial charge in [0.15, 0.2) is 0 Å². The average Bonchev–Trinajstić information content (AvgIpc) is 2.25. The molecule has 15 heavy (non-hydrogen) atoms. The molecular formula is C11H20O4. The fourth-order valence-electron chi connectivity index (χ4n) is 0.959. The van der Waals surface area contributed by atoms with Crippen molar-refractivity contribution >= 4 is 5.97 Å². The standard InChI is InChI=1S/C11H20O4/c1-3-5-6-7-14-8-10(12)9-15-11(13)4-2/h4,10,12H,2-3,5-9H2,1H3. The van der Waals surface area contributed by atoms with Gasteiger partial charge in [-0.25, -0.2) is 4.79 Å². The van der Waals surface area contributed by atoms with Crippen molar-refractivity contribution in [3.8, 4) is 0 Å². The van der Waals surface area contributed by atoms with Gasteiger partial charge in [-0.2, -0.15) is 0 Å². The molecule has 0 amide bonds. The van der Waals surface area contributed by atoms with Crippen molar-refractivity contribution in [2.45, 2.75) is 32.3 Å². The zero-order valence-electron chi connectivity index (χ0n) is 9.28. The van der Waals surface area contributed by atoms with Crippen molar-refractivity contribution in [1.82, 2.24) is 0 Å². The van der Waals surface area contributed by atoms with Crippen LogP contribution in [0, 0.1) is 0 Å².